The van der Waals surface area contributed by atoms with Crippen LogP contribution in [0.1, 0.15) is 56.6 Å². The van der Waals surface area contributed by atoms with Crippen LogP contribution in [0.4, 0.5) is 15.9 Å². The summed E-state index contributed by atoms with van der Waals surface area (Å²) in [7, 11) is 0. The number of rotatable bonds is 10. The Kier molecular flexibility index (Phi) is 8.53. The lowest BCUT2D eigenvalue weighted by Crippen LogP contribution is -2.46. The molecular formula is C30H31FN4O5. The average molecular weight is 547 g/mol. The van der Waals surface area contributed by atoms with Gasteiger partial charge in [0.2, 0.25) is 24.5 Å². The molecule has 1 saturated carbocycles. The van der Waals surface area contributed by atoms with Crippen LogP contribution >= 0.6 is 0 Å². The molecule has 10 heteroatoms. The van der Waals surface area contributed by atoms with Crippen molar-refractivity contribution < 1.29 is 28.2 Å². The number of hydrogen-bond acceptors (Lipinski definition) is 6. The SMILES string of the molecule is O=C(CCCC(=O)N(c1ccc2c(c1)OCO2)C(C(=O)NC1CCCC1)c1ccc(F)cc1)Nc1ccccn1. The van der Waals surface area contributed by atoms with Crippen LogP contribution in [0.15, 0.2) is 66.9 Å². The molecule has 0 saturated heterocycles. The first-order valence-corrected chi connectivity index (χ1v) is 13.5. The Morgan fingerprint density at radius 3 is 2.50 bits per heavy atom. The second-order valence-electron chi connectivity index (χ2n) is 9.86. The van der Waals surface area contributed by atoms with Crippen molar-refractivity contribution >= 4 is 29.2 Å². The zero-order valence-electron chi connectivity index (χ0n) is 22.0. The van der Waals surface area contributed by atoms with Gasteiger partial charge in [-0.05, 0) is 61.2 Å². The van der Waals surface area contributed by atoms with Crippen molar-refractivity contribution in [2.75, 3.05) is 17.0 Å². The zero-order valence-corrected chi connectivity index (χ0v) is 22.0. The van der Waals surface area contributed by atoms with E-state index in [0.717, 1.165) is 25.7 Å². The van der Waals surface area contributed by atoms with Crippen molar-refractivity contribution in [2.24, 2.45) is 0 Å². The molecule has 0 spiro atoms. The number of carbonyl (C=O) groups is 3. The van der Waals surface area contributed by atoms with E-state index in [2.05, 4.69) is 15.6 Å². The molecule has 5 rings (SSSR count). The van der Waals surface area contributed by atoms with Gasteiger partial charge in [-0.3, -0.25) is 19.3 Å². The standard InChI is InChI=1S/C30H31FN4O5/c31-21-13-11-20(12-14-21)29(30(38)33-22-6-1-2-7-22)35(23-15-16-24-25(18-23)40-19-39-24)28(37)10-5-9-27(36)34-26-8-3-4-17-32-26/h3-4,8,11-18,22,29H,1-2,5-7,9-10,19H2,(H,33,38)(H,32,34,36). The third kappa shape index (κ3) is 6.56. The molecule has 2 N–H and O–H groups in total. The monoisotopic (exact) mass is 546 g/mol. The van der Waals surface area contributed by atoms with Crippen LogP contribution in [0, 0.1) is 5.82 Å². The van der Waals surface area contributed by atoms with Crippen LogP contribution in [0.3, 0.4) is 0 Å². The molecular weight excluding hydrogens is 515 g/mol. The van der Waals surface area contributed by atoms with E-state index in [4.69, 9.17) is 9.47 Å². The van der Waals surface area contributed by atoms with Gasteiger partial charge in [0, 0.05) is 36.8 Å². The van der Waals surface area contributed by atoms with E-state index >= 15 is 0 Å². The van der Waals surface area contributed by atoms with Gasteiger partial charge in [0.15, 0.2) is 11.5 Å². The molecule has 2 heterocycles. The van der Waals surface area contributed by atoms with Crippen LogP contribution < -0.4 is 25.0 Å². The Balaban J connectivity index is 1.40. The van der Waals surface area contributed by atoms with Crippen molar-refractivity contribution in [2.45, 2.75) is 57.0 Å². The lowest BCUT2D eigenvalue weighted by molar-refractivity contribution is -0.127. The summed E-state index contributed by atoms with van der Waals surface area (Å²) >= 11 is 0. The van der Waals surface area contributed by atoms with Crippen molar-refractivity contribution in [1.82, 2.24) is 10.3 Å². The Morgan fingerprint density at radius 1 is 0.975 bits per heavy atom. The molecule has 0 radical (unpaired) electrons. The number of hydrogen-bond donors (Lipinski definition) is 2. The highest BCUT2D eigenvalue weighted by molar-refractivity contribution is 6.02. The molecule has 1 atom stereocenters. The summed E-state index contributed by atoms with van der Waals surface area (Å²) in [5, 5.41) is 5.81. The highest BCUT2D eigenvalue weighted by Crippen LogP contribution is 2.38. The Labute approximate surface area is 231 Å². The van der Waals surface area contributed by atoms with E-state index < -0.39 is 11.9 Å². The fourth-order valence-electron chi connectivity index (χ4n) is 5.05. The largest absolute Gasteiger partial charge is 0.454 e. The molecule has 1 fully saturated rings. The number of nitrogens with one attached hydrogen (secondary N) is 2. The van der Waals surface area contributed by atoms with Gasteiger partial charge in [-0.25, -0.2) is 9.37 Å². The maximum absolute atomic E-state index is 13.9. The number of aromatic nitrogens is 1. The number of nitrogens with zero attached hydrogens (tertiary/aromatic N) is 2. The Hall–Kier alpha value is -4.47. The van der Waals surface area contributed by atoms with E-state index in [0.29, 0.717) is 28.6 Å². The Morgan fingerprint density at radius 2 is 1.75 bits per heavy atom. The third-order valence-electron chi connectivity index (χ3n) is 7.02. The first kappa shape index (κ1) is 27.1. The maximum Gasteiger partial charge on any atom is 0.248 e. The first-order valence-electron chi connectivity index (χ1n) is 13.5. The summed E-state index contributed by atoms with van der Waals surface area (Å²) in [5.74, 6) is 0.00234. The van der Waals surface area contributed by atoms with E-state index in [-0.39, 0.29) is 49.8 Å². The number of pyridine rings is 1. The molecule has 3 amide bonds. The smallest absolute Gasteiger partial charge is 0.248 e. The lowest BCUT2D eigenvalue weighted by Gasteiger charge is -2.32. The third-order valence-corrected chi connectivity index (χ3v) is 7.02. The quantitative estimate of drug-likeness (QED) is 0.375. The number of fused-ring (bicyclic) bond motifs is 1. The summed E-state index contributed by atoms with van der Waals surface area (Å²) in [5.41, 5.74) is 0.902. The molecule has 2 aliphatic rings. The van der Waals surface area contributed by atoms with Gasteiger partial charge in [-0.2, -0.15) is 0 Å². The second kappa shape index (κ2) is 12.6. The minimum Gasteiger partial charge on any atom is -0.454 e. The van der Waals surface area contributed by atoms with E-state index in [9.17, 15) is 18.8 Å². The molecule has 1 aliphatic heterocycles. The van der Waals surface area contributed by atoms with Gasteiger partial charge in [0.1, 0.15) is 17.7 Å². The minimum absolute atomic E-state index is 0.00150. The number of amides is 3. The fourth-order valence-corrected chi connectivity index (χ4v) is 5.05. The van der Waals surface area contributed by atoms with Gasteiger partial charge >= 0.3 is 0 Å². The van der Waals surface area contributed by atoms with Crippen molar-refractivity contribution in [3.05, 3.63) is 78.2 Å². The fraction of sp³-hybridized carbons (Fsp3) is 0.333. The summed E-state index contributed by atoms with van der Waals surface area (Å²) in [6, 6.07) is 14.8. The van der Waals surface area contributed by atoms with Crippen molar-refractivity contribution in [1.29, 1.82) is 0 Å². The predicted octanol–water partition coefficient (Wildman–Crippen LogP) is 4.89. The highest BCUT2D eigenvalue weighted by Gasteiger charge is 2.35. The minimum atomic E-state index is -1.06. The second-order valence-corrected chi connectivity index (χ2v) is 9.86. The molecule has 3 aromatic rings. The summed E-state index contributed by atoms with van der Waals surface area (Å²) in [6.45, 7) is 0.0572. The van der Waals surface area contributed by atoms with Crippen LogP contribution in [-0.4, -0.2) is 35.5 Å². The molecule has 1 unspecified atom stereocenters. The van der Waals surface area contributed by atoms with Gasteiger partial charge in [-0.1, -0.05) is 31.0 Å². The number of halogens is 1. The summed E-state index contributed by atoms with van der Waals surface area (Å²) in [6.07, 6.45) is 5.70. The number of ether oxygens (including phenoxy) is 2. The molecule has 9 nitrogen and oxygen atoms in total. The zero-order chi connectivity index (χ0) is 27.9. The van der Waals surface area contributed by atoms with Crippen LogP contribution in [0.25, 0.3) is 0 Å². The lowest BCUT2D eigenvalue weighted by atomic mass is 10.0. The van der Waals surface area contributed by atoms with Gasteiger partial charge < -0.3 is 20.1 Å². The van der Waals surface area contributed by atoms with E-state index in [1.165, 1.54) is 29.2 Å². The van der Waals surface area contributed by atoms with E-state index in [1.807, 2.05) is 0 Å². The topological polar surface area (TPSA) is 110 Å². The summed E-state index contributed by atoms with van der Waals surface area (Å²) in [4.78, 5) is 45.6. The van der Waals surface area contributed by atoms with Crippen LogP contribution in [0.2, 0.25) is 0 Å². The Bertz CT molecular complexity index is 1350. The highest BCUT2D eigenvalue weighted by atomic mass is 19.1. The molecule has 40 heavy (non-hydrogen) atoms. The maximum atomic E-state index is 13.9. The van der Waals surface area contributed by atoms with E-state index in [1.54, 1.807) is 42.6 Å². The van der Waals surface area contributed by atoms with Crippen LogP contribution in [0.5, 0.6) is 11.5 Å². The molecule has 208 valence electrons. The first-order chi connectivity index (χ1) is 19.5. The van der Waals surface area contributed by atoms with Crippen LogP contribution in [-0.2, 0) is 14.4 Å². The normalized spacial score (nSPS) is 14.9. The van der Waals surface area contributed by atoms with Gasteiger partial charge in [0.25, 0.3) is 0 Å². The predicted molar refractivity (Wildman–Crippen MR) is 146 cm³/mol. The van der Waals surface area contributed by atoms with Gasteiger partial charge in [0.05, 0.1) is 0 Å². The van der Waals surface area contributed by atoms with Crippen molar-refractivity contribution in [3.63, 3.8) is 0 Å². The number of anilines is 2. The molecule has 0 bridgehead atoms. The summed E-state index contributed by atoms with van der Waals surface area (Å²) < 4.78 is 24.8. The number of carbonyl (C=O) groups excluding carboxylic acids is 3. The molecule has 2 aromatic carbocycles. The molecule has 1 aliphatic carbocycles. The number of benzene rings is 2. The average Bonchev–Trinajstić information content (AvgIpc) is 3.64. The van der Waals surface area contributed by atoms with Gasteiger partial charge in [-0.15, -0.1) is 0 Å². The van der Waals surface area contributed by atoms with Crippen molar-refractivity contribution in [3.8, 4) is 11.5 Å². The molecule has 1 aromatic heterocycles.